The van der Waals surface area contributed by atoms with Gasteiger partial charge in [-0.3, -0.25) is 4.79 Å². The minimum atomic E-state index is -1.82. The van der Waals surface area contributed by atoms with E-state index in [4.69, 9.17) is 47.7 Å². The van der Waals surface area contributed by atoms with Gasteiger partial charge in [-0.15, -0.1) is 0 Å². The van der Waals surface area contributed by atoms with Crippen LogP contribution in [0.1, 0.15) is 18.9 Å². The zero-order valence-corrected chi connectivity index (χ0v) is 29.3. The summed E-state index contributed by atoms with van der Waals surface area (Å²) in [4.78, 5) is 26.0. The van der Waals surface area contributed by atoms with Crippen LogP contribution in [0.3, 0.4) is 0 Å². The molecule has 0 amide bonds. The fourth-order valence-electron chi connectivity index (χ4n) is 5.89. The number of allylic oxidation sites excluding steroid dienone is 1. The summed E-state index contributed by atoms with van der Waals surface area (Å²) < 4.78 is 49.4. The maximum Gasteiger partial charge on any atom is 0.337 e. The standard InChI is InChI=1S/C34H46O19/c1-5-16-17(18(31(44)47-4)13-49-32(16)53-34-29(43)26(40)24(38)21(12-36)50-34)11-23(37)48-14-22-25(39)27(41)28(42)33(51-22)52-30-19(45-2)9-15(7-6-8-35)10-20(30)46-3/h5-7,9-10,13,17,21-22,24-29,32-36,38-43H,8,11-12,14H2,1-4H3/b7-6+,16-5+/t17-,21+,22+,24+,25+,26-,27-,28+,29+,32-,33-,34-/m0/s1. The Balaban J connectivity index is 1.48. The molecule has 53 heavy (non-hydrogen) atoms. The first kappa shape index (κ1) is 41.9. The topological polar surface area (TPSA) is 279 Å². The molecule has 19 heteroatoms. The van der Waals surface area contributed by atoms with Crippen LogP contribution in [0.2, 0.25) is 0 Å². The largest absolute Gasteiger partial charge is 0.493 e. The number of carbonyl (C=O) groups excluding carboxylic acids is 2. The van der Waals surface area contributed by atoms with Gasteiger partial charge >= 0.3 is 11.9 Å². The summed E-state index contributed by atoms with van der Waals surface area (Å²) in [7, 11) is 3.81. The number of rotatable bonds is 14. The molecule has 0 radical (unpaired) electrons. The summed E-state index contributed by atoms with van der Waals surface area (Å²) in [6.45, 7) is -0.0375. The molecule has 1 aromatic rings. The third-order valence-corrected chi connectivity index (χ3v) is 8.81. The Hall–Kier alpha value is -3.86. The van der Waals surface area contributed by atoms with Crippen molar-refractivity contribution >= 4 is 18.0 Å². The van der Waals surface area contributed by atoms with Crippen LogP contribution >= 0.6 is 0 Å². The minimum absolute atomic E-state index is 0.0273. The van der Waals surface area contributed by atoms with Crippen molar-refractivity contribution in [3.05, 3.63) is 47.3 Å². The molecule has 0 spiro atoms. The Morgan fingerprint density at radius 2 is 1.43 bits per heavy atom. The molecule has 4 rings (SSSR count). The molecule has 0 saturated carbocycles. The van der Waals surface area contributed by atoms with E-state index in [-0.39, 0.29) is 35.0 Å². The Labute approximate surface area is 303 Å². The van der Waals surface area contributed by atoms with Gasteiger partial charge in [0.2, 0.25) is 18.3 Å². The second-order valence-corrected chi connectivity index (χ2v) is 12.1. The fourth-order valence-corrected chi connectivity index (χ4v) is 5.89. The van der Waals surface area contributed by atoms with Crippen molar-refractivity contribution in [3.8, 4) is 17.2 Å². The molecule has 3 heterocycles. The summed E-state index contributed by atoms with van der Waals surface area (Å²) in [5.41, 5.74) is 0.629. The van der Waals surface area contributed by atoms with Gasteiger partial charge in [-0.25, -0.2) is 4.79 Å². The summed E-state index contributed by atoms with van der Waals surface area (Å²) in [5, 5.41) is 81.5. The molecular formula is C34H46O19. The molecule has 2 fully saturated rings. The molecule has 0 aromatic heterocycles. The predicted molar refractivity (Wildman–Crippen MR) is 176 cm³/mol. The molecule has 0 unspecified atom stereocenters. The van der Waals surface area contributed by atoms with Crippen LogP contribution in [0.15, 0.2) is 41.7 Å². The molecule has 0 bridgehead atoms. The van der Waals surface area contributed by atoms with E-state index >= 15 is 0 Å². The van der Waals surface area contributed by atoms with Crippen molar-refractivity contribution in [2.75, 3.05) is 41.2 Å². The highest BCUT2D eigenvalue weighted by Crippen LogP contribution is 2.41. The highest BCUT2D eigenvalue weighted by Gasteiger charge is 2.48. The molecular weight excluding hydrogens is 712 g/mol. The van der Waals surface area contributed by atoms with E-state index in [1.165, 1.54) is 26.4 Å². The molecule has 2 saturated heterocycles. The highest BCUT2D eigenvalue weighted by atomic mass is 16.8. The molecule has 19 nitrogen and oxygen atoms in total. The van der Waals surface area contributed by atoms with Gasteiger partial charge in [-0.05, 0) is 24.6 Å². The van der Waals surface area contributed by atoms with Gasteiger partial charge in [0.05, 0.1) is 52.8 Å². The monoisotopic (exact) mass is 758 g/mol. The number of carbonyl (C=O) groups is 2. The molecule has 1 aromatic carbocycles. The zero-order valence-electron chi connectivity index (χ0n) is 29.3. The Morgan fingerprint density at radius 1 is 0.830 bits per heavy atom. The lowest BCUT2D eigenvalue weighted by atomic mass is 9.86. The van der Waals surface area contributed by atoms with Crippen molar-refractivity contribution in [2.24, 2.45) is 5.92 Å². The number of methoxy groups -OCH3 is 3. The van der Waals surface area contributed by atoms with Crippen molar-refractivity contribution in [2.45, 2.75) is 81.0 Å². The molecule has 3 aliphatic heterocycles. The van der Waals surface area contributed by atoms with Gasteiger partial charge in [-0.2, -0.15) is 0 Å². The summed E-state index contributed by atoms with van der Waals surface area (Å²) in [5.74, 6) is -2.64. The quantitative estimate of drug-likeness (QED) is 0.0727. The Kier molecular flexibility index (Phi) is 15.0. The average molecular weight is 759 g/mol. The third-order valence-electron chi connectivity index (χ3n) is 8.81. The number of aliphatic hydroxyl groups excluding tert-OH is 8. The van der Waals surface area contributed by atoms with Gasteiger partial charge < -0.3 is 83.5 Å². The SMILES string of the molecule is C/C=C1/[C@H](O[C@@H]2O[C@H](CO)[C@@H](O)[C@H](O)[C@H]2O)OC=C(C(=O)OC)[C@H]1CC(=O)OC[C@H]1O[C@@H](Oc2c(OC)cc(/C=C/CO)cc2OC)[C@H](O)[C@@H](O)[C@@H]1O. The average Bonchev–Trinajstić information content (AvgIpc) is 3.16. The first-order chi connectivity index (χ1) is 25.3. The van der Waals surface area contributed by atoms with E-state index < -0.39 is 105 Å². The lowest BCUT2D eigenvalue weighted by Crippen LogP contribution is -2.60. The number of hydrogen-bond donors (Lipinski definition) is 8. The Bertz CT molecular complexity index is 1470. The van der Waals surface area contributed by atoms with E-state index in [2.05, 4.69) is 0 Å². The van der Waals surface area contributed by atoms with Gasteiger partial charge in [0.25, 0.3) is 0 Å². The van der Waals surface area contributed by atoms with E-state index in [1.54, 1.807) is 25.1 Å². The van der Waals surface area contributed by atoms with Gasteiger partial charge in [0.15, 0.2) is 17.8 Å². The fraction of sp³-hybridized carbons (Fsp3) is 0.588. The third kappa shape index (κ3) is 9.45. The Morgan fingerprint density at radius 3 is 2.00 bits per heavy atom. The molecule has 0 aliphatic carbocycles. The van der Waals surface area contributed by atoms with E-state index in [0.717, 1.165) is 13.4 Å². The zero-order chi connectivity index (χ0) is 39.0. The molecule has 3 aliphatic rings. The van der Waals surface area contributed by atoms with E-state index in [9.17, 15) is 45.3 Å². The maximum atomic E-state index is 13.3. The minimum Gasteiger partial charge on any atom is -0.493 e. The summed E-state index contributed by atoms with van der Waals surface area (Å²) >= 11 is 0. The lowest BCUT2D eigenvalue weighted by molar-refractivity contribution is -0.327. The number of aliphatic hydroxyl groups is 8. The van der Waals surface area contributed by atoms with Crippen molar-refractivity contribution in [1.82, 2.24) is 0 Å². The van der Waals surface area contributed by atoms with Crippen LogP contribution < -0.4 is 14.2 Å². The second kappa shape index (κ2) is 18.9. The van der Waals surface area contributed by atoms with E-state index in [0.29, 0.717) is 5.56 Å². The molecule has 12 atom stereocenters. The predicted octanol–water partition coefficient (Wildman–Crippen LogP) is -2.38. The summed E-state index contributed by atoms with van der Waals surface area (Å²) in [6, 6.07) is 3.10. The normalized spacial score (nSPS) is 33.9. The van der Waals surface area contributed by atoms with Crippen molar-refractivity contribution in [1.29, 1.82) is 0 Å². The number of benzene rings is 1. The molecule has 296 valence electrons. The van der Waals surface area contributed by atoms with Crippen LogP contribution in [-0.2, 0) is 38.0 Å². The summed E-state index contributed by atoms with van der Waals surface area (Å²) in [6.07, 6.45) is -12.9. The van der Waals surface area contributed by atoms with Crippen molar-refractivity contribution in [3.63, 3.8) is 0 Å². The molecule has 8 N–H and O–H groups in total. The number of esters is 2. The second-order valence-electron chi connectivity index (χ2n) is 12.1. The first-order valence-electron chi connectivity index (χ1n) is 16.4. The van der Waals surface area contributed by atoms with Crippen LogP contribution in [0.4, 0.5) is 0 Å². The van der Waals surface area contributed by atoms with Crippen LogP contribution in [0.5, 0.6) is 17.2 Å². The van der Waals surface area contributed by atoms with Crippen LogP contribution in [-0.4, -0.2) is 162 Å². The highest BCUT2D eigenvalue weighted by molar-refractivity contribution is 5.90. The number of ether oxygens (including phenoxy) is 9. The maximum absolute atomic E-state index is 13.3. The van der Waals surface area contributed by atoms with Crippen LogP contribution in [0.25, 0.3) is 6.08 Å². The van der Waals surface area contributed by atoms with Gasteiger partial charge in [0, 0.05) is 11.5 Å². The number of hydrogen-bond acceptors (Lipinski definition) is 19. The lowest BCUT2D eigenvalue weighted by Gasteiger charge is -2.42. The van der Waals surface area contributed by atoms with E-state index in [1.807, 2.05) is 0 Å². The van der Waals surface area contributed by atoms with Crippen molar-refractivity contribution < 1.29 is 93.1 Å². The first-order valence-corrected chi connectivity index (χ1v) is 16.4. The smallest absolute Gasteiger partial charge is 0.337 e. The van der Waals surface area contributed by atoms with Gasteiger partial charge in [0.1, 0.15) is 55.4 Å². The van der Waals surface area contributed by atoms with Crippen LogP contribution in [0, 0.1) is 5.92 Å². The van der Waals surface area contributed by atoms with Gasteiger partial charge in [-0.1, -0.05) is 18.2 Å².